The third-order valence-electron chi connectivity index (χ3n) is 6.72. The van der Waals surface area contributed by atoms with Crippen LogP contribution in [0.5, 0.6) is 17.2 Å². The van der Waals surface area contributed by atoms with Gasteiger partial charge in [0.15, 0.2) is 18.3 Å². The van der Waals surface area contributed by atoms with Gasteiger partial charge in [0, 0.05) is 24.9 Å². The maximum Gasteiger partial charge on any atom is 0.258 e. The summed E-state index contributed by atoms with van der Waals surface area (Å²) >= 11 is 0. The molecule has 0 radical (unpaired) electrons. The Morgan fingerprint density at radius 3 is 2.56 bits per heavy atom. The lowest BCUT2D eigenvalue weighted by molar-refractivity contribution is -0.00814. The predicted octanol–water partition coefficient (Wildman–Crippen LogP) is 4.48. The van der Waals surface area contributed by atoms with Crippen molar-refractivity contribution < 1.29 is 36.9 Å². The molecule has 1 N–H and O–H groups in total. The summed E-state index contributed by atoms with van der Waals surface area (Å²) in [4.78, 5) is 15.2. The van der Waals surface area contributed by atoms with Crippen molar-refractivity contribution >= 4 is 27.3 Å². The van der Waals surface area contributed by atoms with Gasteiger partial charge in [-0.1, -0.05) is 18.2 Å². The van der Waals surface area contributed by atoms with Gasteiger partial charge < -0.3 is 28.6 Å². The number of rotatable bonds is 10. The van der Waals surface area contributed by atoms with Crippen LogP contribution in [-0.2, 0) is 25.9 Å². The Balaban J connectivity index is 1.36. The molecule has 218 valence electrons. The lowest BCUT2D eigenvalue weighted by Crippen LogP contribution is -2.38. The van der Waals surface area contributed by atoms with Gasteiger partial charge in [0.05, 0.1) is 25.2 Å². The van der Waals surface area contributed by atoms with Crippen LogP contribution in [-0.4, -0.2) is 66.4 Å². The molecular formula is C30H34N2O8S. The van der Waals surface area contributed by atoms with Crippen LogP contribution in [0, 0.1) is 0 Å². The molecule has 0 unspecified atom stereocenters. The molecule has 0 spiro atoms. The van der Waals surface area contributed by atoms with E-state index in [4.69, 9.17) is 23.7 Å². The van der Waals surface area contributed by atoms with Crippen LogP contribution >= 0.6 is 0 Å². The van der Waals surface area contributed by atoms with Gasteiger partial charge in [-0.15, -0.1) is 0 Å². The second kappa shape index (κ2) is 11.6. The lowest BCUT2D eigenvalue weighted by Gasteiger charge is -2.32. The van der Waals surface area contributed by atoms with Gasteiger partial charge in [-0.25, -0.2) is 8.42 Å². The molecule has 0 saturated carbocycles. The molecule has 10 nitrogen and oxygen atoms in total. The summed E-state index contributed by atoms with van der Waals surface area (Å²) in [5, 5.41) is 0. The monoisotopic (exact) mass is 582 g/mol. The molecule has 0 aromatic heterocycles. The predicted molar refractivity (Wildman–Crippen MR) is 156 cm³/mol. The first-order valence-corrected chi connectivity index (χ1v) is 15.1. The fourth-order valence-corrected chi connectivity index (χ4v) is 5.34. The number of ether oxygens (including phenoxy) is 5. The smallest absolute Gasteiger partial charge is 0.258 e. The van der Waals surface area contributed by atoms with E-state index < -0.39 is 15.6 Å². The highest BCUT2D eigenvalue weighted by molar-refractivity contribution is 7.92. The normalized spacial score (nSPS) is 15.8. The average molecular weight is 583 g/mol. The van der Waals surface area contributed by atoms with Crippen molar-refractivity contribution in [3.63, 3.8) is 0 Å². The SMILES string of the molecule is COCCOCOc1ccc(N2CCc3cc(-c4ccc5c(c4)OC(C)(C)CO5)ccc3C2=O)cc1NS(C)(=O)=O. The van der Waals surface area contributed by atoms with Gasteiger partial charge >= 0.3 is 0 Å². The van der Waals surface area contributed by atoms with Crippen molar-refractivity contribution in [3.8, 4) is 28.4 Å². The Bertz CT molecular complexity index is 1550. The number of methoxy groups -OCH3 is 1. The second-order valence-electron chi connectivity index (χ2n) is 10.6. The Kier molecular flexibility index (Phi) is 8.12. The number of nitrogens with zero attached hydrogens (tertiary/aromatic N) is 1. The minimum atomic E-state index is -3.60. The zero-order chi connectivity index (χ0) is 29.2. The Morgan fingerprint density at radius 2 is 1.78 bits per heavy atom. The van der Waals surface area contributed by atoms with Crippen molar-refractivity contribution in [2.45, 2.75) is 25.9 Å². The van der Waals surface area contributed by atoms with E-state index >= 15 is 0 Å². The molecule has 0 aliphatic carbocycles. The van der Waals surface area contributed by atoms with E-state index in [1.807, 2.05) is 50.2 Å². The van der Waals surface area contributed by atoms with Gasteiger partial charge in [-0.3, -0.25) is 9.52 Å². The van der Waals surface area contributed by atoms with Gasteiger partial charge in [0.25, 0.3) is 5.91 Å². The quantitative estimate of drug-likeness (QED) is 0.275. The molecule has 2 aliphatic rings. The molecule has 3 aromatic rings. The van der Waals surface area contributed by atoms with Crippen LogP contribution in [0.4, 0.5) is 11.4 Å². The minimum absolute atomic E-state index is 0.0827. The summed E-state index contributed by atoms with van der Waals surface area (Å²) in [6, 6.07) is 16.6. The van der Waals surface area contributed by atoms with Crippen LogP contribution in [0.15, 0.2) is 54.6 Å². The first-order chi connectivity index (χ1) is 19.5. The summed E-state index contributed by atoms with van der Waals surface area (Å²) in [6.45, 7) is 5.55. The molecule has 1 amide bonds. The van der Waals surface area contributed by atoms with E-state index in [1.165, 1.54) is 0 Å². The number of hydrogen-bond donors (Lipinski definition) is 1. The maximum atomic E-state index is 13.6. The molecule has 3 aromatic carbocycles. The Morgan fingerprint density at radius 1 is 1.00 bits per heavy atom. The third kappa shape index (κ3) is 6.75. The number of amides is 1. The van der Waals surface area contributed by atoms with E-state index in [0.717, 1.165) is 28.7 Å². The first-order valence-electron chi connectivity index (χ1n) is 13.3. The molecule has 0 saturated heterocycles. The van der Waals surface area contributed by atoms with Crippen molar-refractivity contribution in [3.05, 3.63) is 65.7 Å². The third-order valence-corrected chi connectivity index (χ3v) is 7.31. The van der Waals surface area contributed by atoms with Crippen LogP contribution in [0.1, 0.15) is 29.8 Å². The molecule has 41 heavy (non-hydrogen) atoms. The van der Waals surface area contributed by atoms with Gasteiger partial charge in [0.1, 0.15) is 18.0 Å². The van der Waals surface area contributed by atoms with E-state index in [1.54, 1.807) is 30.2 Å². The first kappa shape index (κ1) is 28.7. The fraction of sp³-hybridized carbons (Fsp3) is 0.367. The summed E-state index contributed by atoms with van der Waals surface area (Å²) in [7, 11) is -2.04. The van der Waals surface area contributed by atoms with Gasteiger partial charge in [0.2, 0.25) is 10.0 Å². The summed E-state index contributed by atoms with van der Waals surface area (Å²) in [5.41, 5.74) is 3.87. The van der Waals surface area contributed by atoms with Gasteiger partial charge in [-0.2, -0.15) is 0 Å². The summed E-state index contributed by atoms with van der Waals surface area (Å²) in [6.07, 6.45) is 1.69. The molecule has 0 fully saturated rings. The zero-order valence-electron chi connectivity index (χ0n) is 23.6. The highest BCUT2D eigenvalue weighted by Gasteiger charge is 2.29. The van der Waals surface area contributed by atoms with Gasteiger partial charge in [-0.05, 0) is 73.4 Å². The highest BCUT2D eigenvalue weighted by atomic mass is 32.2. The van der Waals surface area contributed by atoms with Crippen molar-refractivity contribution in [2.75, 3.05) is 56.1 Å². The van der Waals surface area contributed by atoms with E-state index in [-0.39, 0.29) is 24.1 Å². The lowest BCUT2D eigenvalue weighted by atomic mass is 9.93. The summed E-state index contributed by atoms with van der Waals surface area (Å²) in [5.74, 6) is 1.54. The van der Waals surface area contributed by atoms with Crippen LogP contribution < -0.4 is 23.8 Å². The van der Waals surface area contributed by atoms with E-state index in [9.17, 15) is 13.2 Å². The number of nitrogens with one attached hydrogen (secondary N) is 1. The average Bonchev–Trinajstić information content (AvgIpc) is 2.92. The number of benzene rings is 3. The number of fused-ring (bicyclic) bond motifs is 2. The molecule has 11 heteroatoms. The number of anilines is 2. The topological polar surface area (TPSA) is 113 Å². The maximum absolute atomic E-state index is 13.6. The summed E-state index contributed by atoms with van der Waals surface area (Å²) < 4.78 is 54.4. The Hall–Kier alpha value is -3.80. The molecular weight excluding hydrogens is 548 g/mol. The number of carbonyl (C=O) groups excluding carboxylic acids is 1. The minimum Gasteiger partial charge on any atom is -0.486 e. The molecule has 0 bridgehead atoms. The van der Waals surface area contributed by atoms with Crippen molar-refractivity contribution in [2.24, 2.45) is 0 Å². The molecule has 2 aliphatic heterocycles. The van der Waals surface area contributed by atoms with Crippen molar-refractivity contribution in [1.29, 1.82) is 0 Å². The molecule has 0 atom stereocenters. The second-order valence-corrected chi connectivity index (χ2v) is 12.4. The number of sulfonamides is 1. The fourth-order valence-electron chi connectivity index (χ4n) is 4.78. The van der Waals surface area contributed by atoms with Crippen LogP contribution in [0.25, 0.3) is 11.1 Å². The largest absolute Gasteiger partial charge is 0.486 e. The van der Waals surface area contributed by atoms with Crippen molar-refractivity contribution in [1.82, 2.24) is 0 Å². The zero-order valence-corrected chi connectivity index (χ0v) is 24.4. The van der Waals surface area contributed by atoms with Crippen LogP contribution in [0.2, 0.25) is 0 Å². The highest BCUT2D eigenvalue weighted by Crippen LogP contribution is 2.39. The molecule has 5 rings (SSSR count). The standard InChI is InChI=1S/C30H34N2O8S/c1-30(2)18-38-27-9-6-21(16-28(27)40-30)20-5-8-24-22(15-20)11-12-32(29(24)33)23-7-10-26(39-19-37-14-13-36-3)25(17-23)31-41(4,34)35/h5-10,15-17,31H,11-14,18-19H2,1-4H3. The number of carbonyl (C=O) groups is 1. The number of hydrogen-bond acceptors (Lipinski definition) is 8. The van der Waals surface area contributed by atoms with E-state index in [2.05, 4.69) is 4.72 Å². The van der Waals surface area contributed by atoms with Crippen LogP contribution in [0.3, 0.4) is 0 Å². The molecule has 2 heterocycles. The Labute approximate surface area is 240 Å². The van der Waals surface area contributed by atoms with E-state index in [0.29, 0.717) is 49.8 Å².